The molecule has 0 amide bonds. The molecule has 0 unspecified atom stereocenters. The average molecular weight is 519 g/mol. The summed E-state index contributed by atoms with van der Waals surface area (Å²) >= 11 is 0. The summed E-state index contributed by atoms with van der Waals surface area (Å²) in [6.07, 6.45) is 3.63. The first kappa shape index (κ1) is 26.2. The first-order valence-corrected chi connectivity index (χ1v) is 14.5. The van der Waals surface area contributed by atoms with Crippen molar-refractivity contribution in [1.29, 1.82) is 0 Å². The number of morpholine rings is 1. The van der Waals surface area contributed by atoms with Gasteiger partial charge in [-0.05, 0) is 68.8 Å². The molecule has 0 N–H and O–H groups in total. The number of carbonyl (C=O) groups excluding carboxylic acids is 1. The number of rotatable bonds is 7. The first-order chi connectivity index (χ1) is 17.0. The number of benzene rings is 1. The van der Waals surface area contributed by atoms with E-state index in [2.05, 4.69) is 20.8 Å². The third-order valence-electron chi connectivity index (χ3n) is 9.31. The fraction of sp³-hybridized carbons (Fsp3) is 0.731. The normalized spacial score (nSPS) is 35.7. The lowest BCUT2D eigenvalue weighted by molar-refractivity contribution is -0.199. The minimum absolute atomic E-state index is 0.0969. The molecule has 6 atom stereocenters. The van der Waals surface area contributed by atoms with Crippen LogP contribution in [0.25, 0.3) is 0 Å². The van der Waals surface area contributed by atoms with Gasteiger partial charge in [0, 0.05) is 6.54 Å². The second-order valence-corrected chi connectivity index (χ2v) is 13.5. The maximum atomic E-state index is 13.4. The third-order valence-corrected chi connectivity index (χ3v) is 11.2. The van der Waals surface area contributed by atoms with E-state index >= 15 is 0 Å². The van der Waals surface area contributed by atoms with Crippen molar-refractivity contribution >= 4 is 23.1 Å². The van der Waals surface area contributed by atoms with Gasteiger partial charge in [-0.3, -0.25) is 4.79 Å². The van der Waals surface area contributed by atoms with Crippen molar-refractivity contribution in [2.24, 2.45) is 17.3 Å². The molecule has 1 aromatic rings. The Bertz CT molecular complexity index is 1090. The molecule has 6 rings (SSSR count). The Hall–Kier alpha value is -1.46. The van der Waals surface area contributed by atoms with Crippen molar-refractivity contribution in [2.75, 3.05) is 20.3 Å². The summed E-state index contributed by atoms with van der Waals surface area (Å²) in [6, 6.07) is 5.62. The van der Waals surface area contributed by atoms with Crippen LogP contribution in [0.1, 0.15) is 52.0 Å². The van der Waals surface area contributed by atoms with E-state index in [0.717, 1.165) is 12.0 Å². The lowest BCUT2D eigenvalue weighted by atomic mass is 9.43. The lowest BCUT2D eigenvalue weighted by Crippen LogP contribution is -2.65. The van der Waals surface area contributed by atoms with Crippen LogP contribution < -0.4 is 0 Å². The maximum absolute atomic E-state index is 13.4. The molecule has 5 fully saturated rings. The van der Waals surface area contributed by atoms with Crippen molar-refractivity contribution in [2.45, 2.75) is 88.4 Å². The molecule has 5 aliphatic rings. The Morgan fingerprint density at radius 1 is 1.19 bits per heavy atom. The zero-order valence-corrected chi connectivity index (χ0v) is 22.8. The predicted molar refractivity (Wildman–Crippen MR) is 135 cm³/mol. The zero-order chi connectivity index (χ0) is 25.9. The molecular weight excluding hydrogens is 481 g/mol. The van der Waals surface area contributed by atoms with Gasteiger partial charge in [0.2, 0.25) is 10.0 Å². The molecule has 0 aromatic heterocycles. The zero-order valence-electron chi connectivity index (χ0n) is 21.9. The van der Waals surface area contributed by atoms with Crippen LogP contribution in [0.15, 0.2) is 29.2 Å². The van der Waals surface area contributed by atoms with Crippen LogP contribution in [0.4, 0.5) is 0 Å². The monoisotopic (exact) mass is 519 g/mol. The Balaban J connectivity index is 1.24. The van der Waals surface area contributed by atoms with Crippen molar-refractivity contribution < 1.29 is 32.0 Å². The van der Waals surface area contributed by atoms with E-state index in [1.807, 2.05) is 6.92 Å². The van der Waals surface area contributed by atoms with E-state index < -0.39 is 28.1 Å². The van der Waals surface area contributed by atoms with Crippen LogP contribution in [0.3, 0.4) is 0 Å². The van der Waals surface area contributed by atoms with Crippen LogP contribution in [-0.4, -0.2) is 69.9 Å². The molecule has 10 heteroatoms. The molecule has 0 spiro atoms. The first-order valence-electron chi connectivity index (χ1n) is 13.1. The van der Waals surface area contributed by atoms with Gasteiger partial charge in [-0.2, -0.15) is 4.31 Å². The fourth-order valence-electron chi connectivity index (χ4n) is 7.02. The largest absolute Gasteiger partial charge is 0.468 e. The Morgan fingerprint density at radius 3 is 2.58 bits per heavy atom. The van der Waals surface area contributed by atoms with Gasteiger partial charge in [0.25, 0.3) is 0 Å². The molecule has 3 aliphatic carbocycles. The number of ether oxygens (including phenoxy) is 2. The van der Waals surface area contributed by atoms with Crippen molar-refractivity contribution in [3.05, 3.63) is 29.8 Å². The molecule has 8 nitrogen and oxygen atoms in total. The number of carbonyl (C=O) groups is 1. The van der Waals surface area contributed by atoms with Gasteiger partial charge in [0.05, 0.1) is 36.4 Å². The quantitative estimate of drug-likeness (QED) is 0.403. The summed E-state index contributed by atoms with van der Waals surface area (Å²) in [5.41, 5.74) is 1.00. The van der Waals surface area contributed by atoms with E-state index in [0.29, 0.717) is 36.4 Å². The minimum Gasteiger partial charge on any atom is -0.468 e. The van der Waals surface area contributed by atoms with Crippen LogP contribution in [0.2, 0.25) is 6.32 Å². The molecule has 2 bridgehead atoms. The van der Waals surface area contributed by atoms with Gasteiger partial charge >= 0.3 is 13.1 Å². The van der Waals surface area contributed by atoms with Gasteiger partial charge in [0.15, 0.2) is 0 Å². The predicted octanol–water partition coefficient (Wildman–Crippen LogP) is 3.43. The highest BCUT2D eigenvalue weighted by Gasteiger charge is 2.67. The Morgan fingerprint density at radius 2 is 1.92 bits per heavy atom. The molecule has 3 saturated carbocycles. The van der Waals surface area contributed by atoms with Gasteiger partial charge in [-0.25, -0.2) is 8.42 Å². The highest BCUT2D eigenvalue weighted by Crippen LogP contribution is 2.65. The fourth-order valence-corrected chi connectivity index (χ4v) is 8.60. The standard InChI is InChI=1S/C26H38BNO7S/c1-17-8-10-19(11-9-17)36(30,31)28-13-14-33-20(23(28)24(29)32-5)7-6-12-27-34-22-16-18-15-21(25(18,2)3)26(22,4)35-27/h8-11,18,20-23H,6-7,12-16H2,1-5H3/t18-,20-,21-,22+,23-,26-/m0/s1. The van der Waals surface area contributed by atoms with Crippen molar-refractivity contribution in [3.63, 3.8) is 0 Å². The van der Waals surface area contributed by atoms with E-state index in [-0.39, 0.29) is 36.9 Å². The summed E-state index contributed by atoms with van der Waals surface area (Å²) in [5, 5.41) is 0. The van der Waals surface area contributed by atoms with Crippen LogP contribution in [0, 0.1) is 24.2 Å². The SMILES string of the molecule is COC(=O)[C@@H]1[C@H](CCCB2O[C@@H]3C[C@@H]4C[C@@H](C4(C)C)[C@]3(C)O2)OCCN1S(=O)(=O)c1ccc(C)cc1. The molecule has 198 valence electrons. The number of sulfonamides is 1. The second-order valence-electron chi connectivity index (χ2n) is 11.6. The summed E-state index contributed by atoms with van der Waals surface area (Å²) in [4.78, 5) is 13.0. The number of hydrogen-bond acceptors (Lipinski definition) is 7. The van der Waals surface area contributed by atoms with Gasteiger partial charge in [0.1, 0.15) is 6.04 Å². The highest BCUT2D eigenvalue weighted by atomic mass is 32.2. The van der Waals surface area contributed by atoms with Gasteiger partial charge < -0.3 is 18.8 Å². The smallest absolute Gasteiger partial charge is 0.457 e. The lowest BCUT2D eigenvalue weighted by Gasteiger charge is -2.64. The van der Waals surface area contributed by atoms with E-state index in [1.54, 1.807) is 24.3 Å². The average Bonchev–Trinajstić information content (AvgIpc) is 3.19. The molecule has 2 aliphatic heterocycles. The van der Waals surface area contributed by atoms with Gasteiger partial charge in [-0.15, -0.1) is 0 Å². The number of aryl methyl sites for hydroxylation is 1. The molecule has 36 heavy (non-hydrogen) atoms. The molecule has 2 saturated heterocycles. The van der Waals surface area contributed by atoms with E-state index in [1.165, 1.54) is 17.8 Å². The number of methoxy groups -OCH3 is 1. The summed E-state index contributed by atoms with van der Waals surface area (Å²) in [6.45, 7) is 9.10. The molecule has 0 radical (unpaired) electrons. The minimum atomic E-state index is -3.89. The highest BCUT2D eigenvalue weighted by molar-refractivity contribution is 7.89. The third kappa shape index (κ3) is 4.23. The Labute approximate surface area is 215 Å². The van der Waals surface area contributed by atoms with E-state index in [9.17, 15) is 13.2 Å². The topological polar surface area (TPSA) is 91.4 Å². The van der Waals surface area contributed by atoms with Crippen molar-refractivity contribution in [1.82, 2.24) is 4.31 Å². The molecule has 1 aromatic carbocycles. The van der Waals surface area contributed by atoms with Gasteiger partial charge in [-0.1, -0.05) is 38.0 Å². The maximum Gasteiger partial charge on any atom is 0.457 e. The summed E-state index contributed by atoms with van der Waals surface area (Å²) < 4.78 is 51.9. The molecular formula is C26H38BNO7S. The van der Waals surface area contributed by atoms with E-state index in [4.69, 9.17) is 18.8 Å². The number of esters is 1. The Kier molecular flexibility index (Phi) is 6.82. The van der Waals surface area contributed by atoms with Crippen LogP contribution in [0.5, 0.6) is 0 Å². The number of hydrogen-bond donors (Lipinski definition) is 0. The number of nitrogens with zero attached hydrogens (tertiary/aromatic N) is 1. The van der Waals surface area contributed by atoms with Crippen molar-refractivity contribution in [3.8, 4) is 0 Å². The molecule has 2 heterocycles. The summed E-state index contributed by atoms with van der Waals surface area (Å²) in [5.74, 6) is 0.592. The summed E-state index contributed by atoms with van der Waals surface area (Å²) in [7, 11) is -2.90. The van der Waals surface area contributed by atoms with Crippen LogP contribution >= 0.6 is 0 Å². The van der Waals surface area contributed by atoms with Crippen LogP contribution in [-0.2, 0) is 33.6 Å². The second kappa shape index (κ2) is 9.38.